The second-order valence-corrected chi connectivity index (χ2v) is 7.07. The van der Waals surface area contributed by atoms with Crippen LogP contribution in [-0.4, -0.2) is 32.1 Å². The number of hydrogen-bond acceptors (Lipinski definition) is 3. The van der Waals surface area contributed by atoms with E-state index in [2.05, 4.69) is 23.6 Å². The van der Waals surface area contributed by atoms with Crippen LogP contribution >= 0.6 is 0 Å². The Bertz CT molecular complexity index is 552. The summed E-state index contributed by atoms with van der Waals surface area (Å²) < 4.78 is 5.36. The largest absolute Gasteiger partial charge is 0.497 e. The van der Waals surface area contributed by atoms with E-state index in [1.807, 2.05) is 18.2 Å². The van der Waals surface area contributed by atoms with Crippen LogP contribution in [0.1, 0.15) is 44.6 Å². The van der Waals surface area contributed by atoms with Crippen LogP contribution in [0.4, 0.5) is 0 Å². The van der Waals surface area contributed by atoms with Crippen molar-refractivity contribution in [1.82, 2.24) is 10.6 Å². The van der Waals surface area contributed by atoms with E-state index in [1.165, 1.54) is 0 Å². The van der Waals surface area contributed by atoms with Gasteiger partial charge in [0, 0.05) is 12.6 Å². The molecule has 1 heterocycles. The second-order valence-electron chi connectivity index (χ2n) is 7.07. The maximum Gasteiger partial charge on any atom is 0.230 e. The van der Waals surface area contributed by atoms with Crippen molar-refractivity contribution in [2.75, 3.05) is 20.2 Å². The Morgan fingerprint density at radius 3 is 2.83 bits per heavy atom. The van der Waals surface area contributed by atoms with Crippen LogP contribution in [0.25, 0.3) is 0 Å². The Morgan fingerprint density at radius 1 is 1.35 bits per heavy atom. The summed E-state index contributed by atoms with van der Waals surface area (Å²) >= 11 is 0. The molecule has 1 aliphatic carbocycles. The molecule has 2 aliphatic rings. The van der Waals surface area contributed by atoms with Gasteiger partial charge in [0.25, 0.3) is 0 Å². The number of benzene rings is 1. The number of rotatable bonds is 4. The van der Waals surface area contributed by atoms with Gasteiger partial charge < -0.3 is 15.4 Å². The molecule has 2 unspecified atom stereocenters. The smallest absolute Gasteiger partial charge is 0.230 e. The molecule has 0 spiro atoms. The zero-order valence-corrected chi connectivity index (χ0v) is 14.2. The molecule has 0 radical (unpaired) electrons. The molecule has 1 saturated heterocycles. The van der Waals surface area contributed by atoms with Gasteiger partial charge in [0.2, 0.25) is 5.91 Å². The van der Waals surface area contributed by atoms with Gasteiger partial charge in [0.15, 0.2) is 0 Å². The van der Waals surface area contributed by atoms with Gasteiger partial charge >= 0.3 is 0 Å². The highest BCUT2D eigenvalue weighted by Crippen LogP contribution is 2.42. The van der Waals surface area contributed by atoms with E-state index in [9.17, 15) is 4.79 Å². The van der Waals surface area contributed by atoms with Gasteiger partial charge in [-0.1, -0.05) is 31.9 Å². The summed E-state index contributed by atoms with van der Waals surface area (Å²) in [4.78, 5) is 13.2. The lowest BCUT2D eigenvalue weighted by molar-refractivity contribution is -0.127. The van der Waals surface area contributed by atoms with Gasteiger partial charge in [-0.2, -0.15) is 0 Å². The number of carbonyl (C=O) groups excluding carboxylic acids is 1. The molecule has 1 amide bonds. The highest BCUT2D eigenvalue weighted by Gasteiger charge is 2.43. The first-order chi connectivity index (χ1) is 11.2. The number of hydrogen-bond donors (Lipinski definition) is 2. The SMILES string of the molecule is COc1cccc(C2(C(=O)NC3CNCCC3C)CCCC2)c1. The monoisotopic (exact) mass is 316 g/mol. The first kappa shape index (κ1) is 16.3. The van der Waals surface area contributed by atoms with E-state index in [0.29, 0.717) is 5.92 Å². The molecule has 23 heavy (non-hydrogen) atoms. The zero-order valence-electron chi connectivity index (χ0n) is 14.2. The third kappa shape index (κ3) is 3.23. The van der Waals surface area contributed by atoms with E-state index in [1.54, 1.807) is 7.11 Å². The minimum absolute atomic E-state index is 0.198. The first-order valence-corrected chi connectivity index (χ1v) is 8.82. The molecule has 2 atom stereocenters. The third-order valence-electron chi connectivity index (χ3n) is 5.66. The molecule has 1 saturated carbocycles. The minimum atomic E-state index is -0.383. The van der Waals surface area contributed by atoms with Gasteiger partial charge in [0.1, 0.15) is 5.75 Å². The van der Waals surface area contributed by atoms with E-state index in [4.69, 9.17) is 4.74 Å². The Hall–Kier alpha value is -1.55. The average molecular weight is 316 g/mol. The molecule has 2 N–H and O–H groups in total. The first-order valence-electron chi connectivity index (χ1n) is 8.82. The predicted molar refractivity (Wildman–Crippen MR) is 91.7 cm³/mol. The van der Waals surface area contributed by atoms with Crippen LogP contribution < -0.4 is 15.4 Å². The topological polar surface area (TPSA) is 50.4 Å². The fourth-order valence-electron chi connectivity index (χ4n) is 4.04. The van der Waals surface area contributed by atoms with Crippen molar-refractivity contribution in [3.05, 3.63) is 29.8 Å². The Balaban J connectivity index is 1.83. The Kier molecular flexibility index (Phi) is 4.90. The molecule has 1 aliphatic heterocycles. The molecular formula is C19H28N2O2. The molecule has 4 nitrogen and oxygen atoms in total. The quantitative estimate of drug-likeness (QED) is 0.898. The van der Waals surface area contributed by atoms with Crippen molar-refractivity contribution < 1.29 is 9.53 Å². The number of ether oxygens (including phenoxy) is 1. The zero-order chi connectivity index (χ0) is 16.3. The van der Waals surface area contributed by atoms with Crippen LogP contribution in [0, 0.1) is 5.92 Å². The maximum atomic E-state index is 13.2. The average Bonchev–Trinajstić information content (AvgIpc) is 3.08. The molecular weight excluding hydrogens is 288 g/mol. The van der Waals surface area contributed by atoms with E-state index in [0.717, 1.165) is 56.5 Å². The lowest BCUT2D eigenvalue weighted by atomic mass is 9.77. The lowest BCUT2D eigenvalue weighted by Crippen LogP contribution is -2.54. The fourth-order valence-corrected chi connectivity index (χ4v) is 4.04. The summed E-state index contributed by atoms with van der Waals surface area (Å²) in [7, 11) is 1.68. The van der Waals surface area contributed by atoms with Crippen LogP contribution in [-0.2, 0) is 10.2 Å². The predicted octanol–water partition coefficient (Wildman–Crippen LogP) is 2.62. The summed E-state index contributed by atoms with van der Waals surface area (Å²) in [5, 5.41) is 6.74. The fraction of sp³-hybridized carbons (Fsp3) is 0.632. The summed E-state index contributed by atoms with van der Waals surface area (Å²) in [6.45, 7) is 4.16. The van der Waals surface area contributed by atoms with Gasteiger partial charge in [-0.25, -0.2) is 0 Å². The summed E-state index contributed by atoms with van der Waals surface area (Å²) in [5.74, 6) is 1.56. The van der Waals surface area contributed by atoms with Crippen molar-refractivity contribution in [1.29, 1.82) is 0 Å². The van der Waals surface area contributed by atoms with Crippen molar-refractivity contribution >= 4 is 5.91 Å². The second kappa shape index (κ2) is 6.91. The summed E-state index contributed by atoms with van der Waals surface area (Å²) in [6, 6.07) is 8.28. The van der Waals surface area contributed by atoms with Gasteiger partial charge in [-0.05, 0) is 49.4 Å². The number of piperidine rings is 1. The van der Waals surface area contributed by atoms with Crippen LogP contribution in [0.15, 0.2) is 24.3 Å². The molecule has 1 aromatic carbocycles. The van der Waals surface area contributed by atoms with Crippen LogP contribution in [0.3, 0.4) is 0 Å². The third-order valence-corrected chi connectivity index (χ3v) is 5.66. The molecule has 0 bridgehead atoms. The summed E-state index contributed by atoms with van der Waals surface area (Å²) in [5.41, 5.74) is 0.717. The van der Waals surface area contributed by atoms with Gasteiger partial charge in [-0.3, -0.25) is 4.79 Å². The van der Waals surface area contributed by atoms with E-state index < -0.39 is 0 Å². The van der Waals surface area contributed by atoms with Crippen molar-refractivity contribution in [2.24, 2.45) is 5.92 Å². The van der Waals surface area contributed by atoms with E-state index >= 15 is 0 Å². The van der Waals surface area contributed by atoms with Crippen molar-refractivity contribution in [3.8, 4) is 5.75 Å². The minimum Gasteiger partial charge on any atom is -0.497 e. The van der Waals surface area contributed by atoms with Crippen molar-refractivity contribution in [3.63, 3.8) is 0 Å². The molecule has 2 fully saturated rings. The number of nitrogens with one attached hydrogen (secondary N) is 2. The Labute approximate surface area is 139 Å². The Morgan fingerprint density at radius 2 is 2.13 bits per heavy atom. The van der Waals surface area contributed by atoms with Crippen molar-refractivity contribution in [2.45, 2.75) is 50.5 Å². The van der Waals surface area contributed by atoms with Gasteiger partial charge in [0.05, 0.1) is 12.5 Å². The standard InChI is InChI=1S/C19H28N2O2/c1-14-8-11-20-13-17(14)21-18(22)19(9-3-4-10-19)15-6-5-7-16(12-15)23-2/h5-7,12,14,17,20H,3-4,8-11,13H2,1-2H3,(H,21,22). The highest BCUT2D eigenvalue weighted by atomic mass is 16.5. The van der Waals surface area contributed by atoms with Gasteiger partial charge in [-0.15, -0.1) is 0 Å². The number of amides is 1. The maximum absolute atomic E-state index is 13.2. The molecule has 0 aromatic heterocycles. The normalized spacial score (nSPS) is 26.7. The lowest BCUT2D eigenvalue weighted by Gasteiger charge is -2.35. The van der Waals surface area contributed by atoms with Crippen LogP contribution in [0.5, 0.6) is 5.75 Å². The summed E-state index contributed by atoms with van der Waals surface area (Å²) in [6.07, 6.45) is 5.21. The molecule has 3 rings (SSSR count). The van der Waals surface area contributed by atoms with E-state index in [-0.39, 0.29) is 17.4 Å². The highest BCUT2D eigenvalue weighted by molar-refractivity contribution is 5.89. The number of carbonyl (C=O) groups is 1. The molecule has 4 heteroatoms. The molecule has 1 aromatic rings. The number of methoxy groups -OCH3 is 1. The molecule has 126 valence electrons. The van der Waals surface area contributed by atoms with Crippen LogP contribution in [0.2, 0.25) is 0 Å².